The lowest BCUT2D eigenvalue weighted by molar-refractivity contribution is -0.133. The molecule has 1 aromatic heterocycles. The van der Waals surface area contributed by atoms with Crippen molar-refractivity contribution in [1.29, 1.82) is 0 Å². The lowest BCUT2D eigenvalue weighted by Crippen LogP contribution is -2.36. The number of fused-ring (bicyclic) bond motifs is 1. The molecule has 0 radical (unpaired) electrons. The number of pyridine rings is 1. The van der Waals surface area contributed by atoms with Crippen molar-refractivity contribution in [3.05, 3.63) is 72.4 Å². The van der Waals surface area contributed by atoms with E-state index in [1.807, 2.05) is 60.7 Å². The molecule has 1 heterocycles. The summed E-state index contributed by atoms with van der Waals surface area (Å²) in [7, 11) is 0. The predicted molar refractivity (Wildman–Crippen MR) is 97.9 cm³/mol. The molecule has 0 bridgehead atoms. The molecule has 2 aromatic carbocycles. The fourth-order valence-electron chi connectivity index (χ4n) is 2.65. The fourth-order valence-corrected chi connectivity index (χ4v) is 2.65. The smallest absolute Gasteiger partial charge is 0.244 e. The summed E-state index contributed by atoms with van der Waals surface area (Å²) in [6, 6.07) is 19.0. The van der Waals surface area contributed by atoms with Crippen LogP contribution in [0.2, 0.25) is 0 Å². The van der Waals surface area contributed by atoms with E-state index in [4.69, 9.17) is 0 Å². The molecule has 0 saturated carbocycles. The minimum atomic E-state index is -0.246. The van der Waals surface area contributed by atoms with Gasteiger partial charge in [0.15, 0.2) is 0 Å². The average Bonchev–Trinajstić information content (AvgIpc) is 2.62. The Labute approximate surface area is 146 Å². The second-order valence-corrected chi connectivity index (χ2v) is 5.79. The maximum Gasteiger partial charge on any atom is 0.244 e. The highest BCUT2D eigenvalue weighted by Crippen LogP contribution is 2.20. The summed E-state index contributed by atoms with van der Waals surface area (Å²) in [5.74, 6) is -0.390. The molecule has 0 spiro atoms. The van der Waals surface area contributed by atoms with Crippen LogP contribution in [0.4, 0.5) is 5.69 Å². The molecule has 0 aliphatic rings. The summed E-state index contributed by atoms with van der Waals surface area (Å²) >= 11 is 0. The number of hydrogen-bond acceptors (Lipinski definition) is 3. The third-order valence-corrected chi connectivity index (χ3v) is 3.90. The molecule has 0 aliphatic carbocycles. The minimum Gasteiger partial charge on any atom is -0.329 e. The highest BCUT2D eigenvalue weighted by molar-refractivity contribution is 6.01. The molecule has 3 aromatic rings. The van der Waals surface area contributed by atoms with E-state index in [0.717, 1.165) is 16.5 Å². The van der Waals surface area contributed by atoms with Gasteiger partial charge in [0.05, 0.1) is 11.2 Å². The SMILES string of the molecule is CC(=O)N(CC(=O)Nc1cccc2cccnc12)Cc1ccccc1. The molecular weight excluding hydrogens is 314 g/mol. The Bertz CT molecular complexity index is 888. The summed E-state index contributed by atoms with van der Waals surface area (Å²) in [5, 5.41) is 3.81. The number of amides is 2. The van der Waals surface area contributed by atoms with Crippen molar-refractivity contribution in [2.24, 2.45) is 0 Å². The van der Waals surface area contributed by atoms with Gasteiger partial charge in [0.2, 0.25) is 11.8 Å². The van der Waals surface area contributed by atoms with Crippen LogP contribution in [0.1, 0.15) is 12.5 Å². The van der Waals surface area contributed by atoms with E-state index in [2.05, 4.69) is 10.3 Å². The van der Waals surface area contributed by atoms with Gasteiger partial charge >= 0.3 is 0 Å². The number of carbonyl (C=O) groups is 2. The van der Waals surface area contributed by atoms with Crippen LogP contribution in [0.15, 0.2) is 66.9 Å². The van der Waals surface area contributed by atoms with Crippen molar-refractivity contribution in [2.75, 3.05) is 11.9 Å². The third kappa shape index (κ3) is 4.20. The maximum absolute atomic E-state index is 12.4. The molecule has 0 unspecified atom stereocenters. The lowest BCUT2D eigenvalue weighted by Gasteiger charge is -2.20. The van der Waals surface area contributed by atoms with E-state index in [1.54, 1.807) is 6.20 Å². The second-order valence-electron chi connectivity index (χ2n) is 5.79. The number of nitrogens with one attached hydrogen (secondary N) is 1. The molecule has 0 saturated heterocycles. The number of nitrogens with zero attached hydrogens (tertiary/aromatic N) is 2. The topological polar surface area (TPSA) is 62.3 Å². The van der Waals surface area contributed by atoms with Crippen LogP contribution in [0.25, 0.3) is 10.9 Å². The second kappa shape index (κ2) is 7.57. The highest BCUT2D eigenvalue weighted by Gasteiger charge is 2.15. The van der Waals surface area contributed by atoms with Crippen LogP contribution in [-0.2, 0) is 16.1 Å². The van der Waals surface area contributed by atoms with E-state index in [-0.39, 0.29) is 18.4 Å². The molecule has 5 heteroatoms. The number of carbonyl (C=O) groups excluding carboxylic acids is 2. The Morgan fingerprint density at radius 1 is 1.00 bits per heavy atom. The van der Waals surface area contributed by atoms with Crippen molar-refractivity contribution in [1.82, 2.24) is 9.88 Å². The van der Waals surface area contributed by atoms with Gasteiger partial charge in [0, 0.05) is 25.1 Å². The van der Waals surface area contributed by atoms with Gasteiger partial charge in [-0.25, -0.2) is 0 Å². The zero-order valence-corrected chi connectivity index (χ0v) is 14.0. The summed E-state index contributed by atoms with van der Waals surface area (Å²) in [4.78, 5) is 30.1. The standard InChI is InChI=1S/C20H19N3O2/c1-15(24)23(13-16-7-3-2-4-8-16)14-19(25)22-18-11-5-9-17-10-6-12-21-20(17)18/h2-12H,13-14H2,1H3,(H,22,25). The van der Waals surface area contributed by atoms with Crippen molar-refractivity contribution < 1.29 is 9.59 Å². The van der Waals surface area contributed by atoms with E-state index >= 15 is 0 Å². The number of anilines is 1. The van der Waals surface area contributed by atoms with Crippen LogP contribution in [-0.4, -0.2) is 28.2 Å². The van der Waals surface area contributed by atoms with Crippen molar-refractivity contribution in [3.63, 3.8) is 0 Å². The predicted octanol–water partition coefficient (Wildman–Crippen LogP) is 3.22. The van der Waals surface area contributed by atoms with Crippen LogP contribution in [0, 0.1) is 0 Å². The molecule has 2 amide bonds. The first-order chi connectivity index (χ1) is 12.1. The van der Waals surface area contributed by atoms with Crippen LogP contribution >= 0.6 is 0 Å². The molecule has 0 atom stereocenters. The minimum absolute atomic E-state index is 0.00650. The molecule has 126 valence electrons. The Kier molecular flexibility index (Phi) is 5.04. The number of para-hydroxylation sites is 1. The zero-order valence-electron chi connectivity index (χ0n) is 14.0. The molecule has 5 nitrogen and oxygen atoms in total. The number of rotatable bonds is 5. The third-order valence-electron chi connectivity index (χ3n) is 3.90. The number of hydrogen-bond donors (Lipinski definition) is 1. The Hall–Kier alpha value is -3.21. The highest BCUT2D eigenvalue weighted by atomic mass is 16.2. The summed E-state index contributed by atoms with van der Waals surface area (Å²) < 4.78 is 0. The summed E-state index contributed by atoms with van der Waals surface area (Å²) in [5.41, 5.74) is 2.36. The van der Waals surface area contributed by atoms with Crippen molar-refractivity contribution in [3.8, 4) is 0 Å². The molecule has 3 rings (SSSR count). The first kappa shape index (κ1) is 16.6. The van der Waals surface area contributed by atoms with Gasteiger partial charge in [-0.2, -0.15) is 0 Å². The van der Waals surface area contributed by atoms with Crippen molar-refractivity contribution >= 4 is 28.4 Å². The summed E-state index contributed by atoms with van der Waals surface area (Å²) in [6.07, 6.45) is 1.69. The van der Waals surface area contributed by atoms with E-state index in [1.165, 1.54) is 11.8 Å². The molecule has 0 aliphatic heterocycles. The van der Waals surface area contributed by atoms with Gasteiger partial charge in [0.1, 0.15) is 6.54 Å². The first-order valence-electron chi connectivity index (χ1n) is 8.06. The first-order valence-corrected chi connectivity index (χ1v) is 8.06. The largest absolute Gasteiger partial charge is 0.329 e. The van der Waals surface area contributed by atoms with Gasteiger partial charge < -0.3 is 10.2 Å². The Balaban J connectivity index is 1.72. The van der Waals surface area contributed by atoms with Crippen LogP contribution < -0.4 is 5.32 Å². The fraction of sp³-hybridized carbons (Fsp3) is 0.150. The van der Waals surface area contributed by atoms with Crippen LogP contribution in [0.5, 0.6) is 0 Å². The number of benzene rings is 2. The molecule has 0 fully saturated rings. The molecule has 25 heavy (non-hydrogen) atoms. The van der Waals surface area contributed by atoms with Gasteiger partial charge in [-0.1, -0.05) is 48.5 Å². The zero-order chi connectivity index (χ0) is 17.6. The quantitative estimate of drug-likeness (QED) is 0.780. The van der Waals surface area contributed by atoms with Crippen molar-refractivity contribution in [2.45, 2.75) is 13.5 Å². The molecular formula is C20H19N3O2. The normalized spacial score (nSPS) is 10.4. The van der Waals surface area contributed by atoms with Gasteiger partial charge in [-0.05, 0) is 17.7 Å². The van der Waals surface area contributed by atoms with Gasteiger partial charge in [-0.15, -0.1) is 0 Å². The number of aromatic nitrogens is 1. The molecule has 1 N–H and O–H groups in total. The maximum atomic E-state index is 12.4. The average molecular weight is 333 g/mol. The van der Waals surface area contributed by atoms with Crippen LogP contribution in [0.3, 0.4) is 0 Å². The van der Waals surface area contributed by atoms with E-state index in [0.29, 0.717) is 12.2 Å². The summed E-state index contributed by atoms with van der Waals surface area (Å²) in [6.45, 7) is 1.86. The Morgan fingerprint density at radius 2 is 1.76 bits per heavy atom. The van der Waals surface area contributed by atoms with E-state index < -0.39 is 0 Å². The lowest BCUT2D eigenvalue weighted by atomic mass is 10.2. The monoisotopic (exact) mass is 333 g/mol. The van der Waals surface area contributed by atoms with Gasteiger partial charge in [-0.3, -0.25) is 14.6 Å². The van der Waals surface area contributed by atoms with E-state index in [9.17, 15) is 9.59 Å². The van der Waals surface area contributed by atoms with Gasteiger partial charge in [0.25, 0.3) is 0 Å². The Morgan fingerprint density at radius 3 is 2.52 bits per heavy atom.